The maximum atomic E-state index is 12.9. The smallest absolute Gasteiger partial charge is 0.389 e. The molecular formula is C23H39N3O7SSi. The van der Waals surface area contributed by atoms with Gasteiger partial charge >= 0.3 is 8.80 Å². The van der Waals surface area contributed by atoms with Crippen LogP contribution in [-0.2, 0) is 28.0 Å². The van der Waals surface area contributed by atoms with E-state index in [0.29, 0.717) is 31.0 Å². The summed E-state index contributed by atoms with van der Waals surface area (Å²) < 4.78 is 50.0. The van der Waals surface area contributed by atoms with Crippen LogP contribution in [0.1, 0.15) is 6.42 Å². The van der Waals surface area contributed by atoms with Gasteiger partial charge in [-0.05, 0) is 18.6 Å². The van der Waals surface area contributed by atoms with Crippen LogP contribution in [0.15, 0.2) is 41.3 Å². The quantitative estimate of drug-likeness (QED) is 0.206. The van der Waals surface area contributed by atoms with Gasteiger partial charge in [0.1, 0.15) is 0 Å². The average molecular weight is 530 g/mol. The number of benzene rings is 2. The lowest BCUT2D eigenvalue weighted by molar-refractivity contribution is 0.0354. The van der Waals surface area contributed by atoms with Gasteiger partial charge in [-0.25, -0.2) is 13.1 Å². The van der Waals surface area contributed by atoms with Gasteiger partial charge in [0, 0.05) is 84.2 Å². The minimum Gasteiger partial charge on any atom is -0.389 e. The molecule has 2 aromatic rings. The highest BCUT2D eigenvalue weighted by Gasteiger charge is 2.36. The van der Waals surface area contributed by atoms with E-state index in [1.165, 1.54) is 0 Å². The summed E-state index contributed by atoms with van der Waals surface area (Å²) in [4.78, 5) is 2.20. The Morgan fingerprint density at radius 1 is 1.00 bits per heavy atom. The van der Waals surface area contributed by atoms with Crippen molar-refractivity contribution in [3.63, 3.8) is 0 Å². The van der Waals surface area contributed by atoms with Crippen LogP contribution in [0.3, 0.4) is 0 Å². The monoisotopic (exact) mass is 529 g/mol. The SMILES string of the molecule is CO[Si](CCCOCC(O)CNCCNS(=O)(=O)c1cccc2c(N(C)C)cccc12)(OC)OC. The van der Waals surface area contributed by atoms with Crippen molar-refractivity contribution < 1.29 is 31.5 Å². The maximum absolute atomic E-state index is 12.9. The van der Waals surface area contributed by atoms with Crippen molar-refractivity contribution in [1.29, 1.82) is 0 Å². The molecule has 12 heteroatoms. The van der Waals surface area contributed by atoms with Gasteiger partial charge in [0.05, 0.1) is 17.6 Å². The molecule has 198 valence electrons. The van der Waals surface area contributed by atoms with Gasteiger partial charge in [-0.15, -0.1) is 0 Å². The minimum atomic E-state index is -3.69. The van der Waals surface area contributed by atoms with Crippen molar-refractivity contribution in [1.82, 2.24) is 10.0 Å². The molecule has 1 unspecified atom stereocenters. The molecule has 0 heterocycles. The number of anilines is 1. The van der Waals surface area contributed by atoms with Gasteiger partial charge in [0.15, 0.2) is 0 Å². The molecule has 0 aliphatic carbocycles. The van der Waals surface area contributed by atoms with E-state index in [4.69, 9.17) is 18.0 Å². The zero-order valence-corrected chi connectivity index (χ0v) is 23.1. The van der Waals surface area contributed by atoms with E-state index in [1.54, 1.807) is 33.5 Å². The molecule has 1 atom stereocenters. The average Bonchev–Trinajstić information content (AvgIpc) is 2.85. The van der Waals surface area contributed by atoms with Gasteiger partial charge in [-0.1, -0.05) is 24.3 Å². The lowest BCUT2D eigenvalue weighted by Gasteiger charge is -2.24. The first kappa shape index (κ1) is 29.6. The van der Waals surface area contributed by atoms with Crippen LogP contribution in [0.2, 0.25) is 6.04 Å². The van der Waals surface area contributed by atoms with Crippen LogP contribution in [0, 0.1) is 0 Å². The van der Waals surface area contributed by atoms with Gasteiger partial charge in [0.25, 0.3) is 0 Å². The highest BCUT2D eigenvalue weighted by atomic mass is 32.2. The predicted molar refractivity (Wildman–Crippen MR) is 139 cm³/mol. The standard InChI is InChI=1S/C23H39N3O7SSi/c1-26(2)22-11-6-10-21-20(22)9-7-12-23(21)34(28,29)25-14-13-24-17-19(27)18-33-15-8-16-35(30-3,31-4)32-5/h6-7,9-12,19,24-25,27H,8,13-18H2,1-5H3. The summed E-state index contributed by atoms with van der Waals surface area (Å²) in [6, 6.07) is 11.5. The van der Waals surface area contributed by atoms with Crippen LogP contribution in [0.4, 0.5) is 5.69 Å². The Morgan fingerprint density at radius 3 is 2.31 bits per heavy atom. The Morgan fingerprint density at radius 2 is 1.66 bits per heavy atom. The van der Waals surface area contributed by atoms with Crippen LogP contribution in [-0.4, -0.2) is 96.7 Å². The van der Waals surface area contributed by atoms with Crippen molar-refractivity contribution in [2.75, 3.05) is 73.2 Å². The fraction of sp³-hybridized carbons (Fsp3) is 0.565. The topological polar surface area (TPSA) is 119 Å². The van der Waals surface area contributed by atoms with Crippen molar-refractivity contribution >= 4 is 35.3 Å². The third-order valence-corrected chi connectivity index (χ3v) is 9.97. The Balaban J connectivity index is 1.74. The minimum absolute atomic E-state index is 0.171. The first-order valence-electron chi connectivity index (χ1n) is 11.5. The second-order valence-corrected chi connectivity index (χ2v) is 13.1. The van der Waals surface area contributed by atoms with Gasteiger partial charge in [0.2, 0.25) is 10.0 Å². The Labute approximate surface area is 209 Å². The van der Waals surface area contributed by atoms with Gasteiger partial charge < -0.3 is 33.3 Å². The molecule has 0 saturated heterocycles. The van der Waals surface area contributed by atoms with E-state index >= 15 is 0 Å². The number of nitrogens with one attached hydrogen (secondary N) is 2. The molecule has 10 nitrogen and oxygen atoms in total. The van der Waals surface area contributed by atoms with Crippen molar-refractivity contribution in [3.8, 4) is 0 Å². The number of ether oxygens (including phenoxy) is 1. The van der Waals surface area contributed by atoms with Crippen LogP contribution in [0.25, 0.3) is 10.8 Å². The summed E-state index contributed by atoms with van der Waals surface area (Å²) in [6.07, 6.45) is -0.0168. The van der Waals surface area contributed by atoms with Gasteiger partial charge in [-0.3, -0.25) is 0 Å². The highest BCUT2D eigenvalue weighted by molar-refractivity contribution is 7.89. The van der Waals surface area contributed by atoms with E-state index < -0.39 is 24.9 Å². The summed E-state index contributed by atoms with van der Waals surface area (Å²) in [6.45, 7) is 1.47. The first-order chi connectivity index (χ1) is 16.7. The van der Waals surface area contributed by atoms with Gasteiger partial charge in [-0.2, -0.15) is 0 Å². The normalized spacial score (nSPS) is 13.3. The second kappa shape index (κ2) is 14.2. The number of nitrogens with zero attached hydrogens (tertiary/aromatic N) is 1. The molecule has 3 N–H and O–H groups in total. The van der Waals surface area contributed by atoms with Crippen molar-refractivity contribution in [2.24, 2.45) is 0 Å². The van der Waals surface area contributed by atoms with E-state index in [9.17, 15) is 13.5 Å². The number of aliphatic hydroxyl groups excluding tert-OH is 1. The van der Waals surface area contributed by atoms with E-state index in [2.05, 4.69) is 10.0 Å². The third kappa shape index (κ3) is 8.48. The lowest BCUT2D eigenvalue weighted by atomic mass is 10.1. The Kier molecular flexibility index (Phi) is 12.0. The summed E-state index contributed by atoms with van der Waals surface area (Å²) in [7, 11) is 2.26. The molecule has 2 rings (SSSR count). The molecule has 0 aromatic heterocycles. The summed E-state index contributed by atoms with van der Waals surface area (Å²) >= 11 is 0. The molecule has 35 heavy (non-hydrogen) atoms. The number of hydrogen-bond acceptors (Lipinski definition) is 9. The first-order valence-corrected chi connectivity index (χ1v) is 14.9. The van der Waals surface area contributed by atoms with Crippen LogP contribution < -0.4 is 14.9 Å². The number of hydrogen-bond donors (Lipinski definition) is 3. The third-order valence-electron chi connectivity index (χ3n) is 5.62. The number of fused-ring (bicyclic) bond motifs is 1. The summed E-state index contributed by atoms with van der Waals surface area (Å²) in [5, 5.41) is 14.7. The maximum Gasteiger partial charge on any atom is 0.500 e. The zero-order valence-electron chi connectivity index (χ0n) is 21.2. The molecule has 0 aliphatic heterocycles. The zero-order chi connectivity index (χ0) is 25.9. The molecule has 0 amide bonds. The molecule has 0 aliphatic rings. The van der Waals surface area contributed by atoms with E-state index in [1.807, 2.05) is 43.3 Å². The highest BCUT2D eigenvalue weighted by Crippen LogP contribution is 2.30. The molecule has 0 saturated carbocycles. The molecular weight excluding hydrogens is 490 g/mol. The fourth-order valence-electron chi connectivity index (χ4n) is 3.73. The van der Waals surface area contributed by atoms with Crippen LogP contribution >= 0.6 is 0 Å². The van der Waals surface area contributed by atoms with E-state index in [-0.39, 0.29) is 24.6 Å². The summed E-state index contributed by atoms with van der Waals surface area (Å²) in [5.41, 5.74) is 0.954. The van der Waals surface area contributed by atoms with Crippen molar-refractivity contribution in [2.45, 2.75) is 23.5 Å². The molecule has 2 aromatic carbocycles. The number of rotatable bonds is 17. The Hall–Kier alpha value is -1.61. The second-order valence-electron chi connectivity index (χ2n) is 8.25. The molecule has 0 spiro atoms. The Bertz CT molecular complexity index is 1010. The molecule has 0 fully saturated rings. The predicted octanol–water partition coefficient (Wildman–Crippen LogP) is 1.42. The largest absolute Gasteiger partial charge is 0.500 e. The van der Waals surface area contributed by atoms with Crippen molar-refractivity contribution in [3.05, 3.63) is 36.4 Å². The molecule has 0 bridgehead atoms. The van der Waals surface area contributed by atoms with E-state index in [0.717, 1.165) is 11.1 Å². The fourth-order valence-corrected chi connectivity index (χ4v) is 6.68. The number of aliphatic hydroxyl groups is 1. The van der Waals surface area contributed by atoms with Crippen LogP contribution in [0.5, 0.6) is 0 Å². The number of sulfonamides is 1. The lowest BCUT2D eigenvalue weighted by Crippen LogP contribution is -2.42. The molecule has 0 radical (unpaired) electrons. The summed E-state index contributed by atoms with van der Waals surface area (Å²) in [5.74, 6) is 0.